The maximum Gasteiger partial charge on any atom is 0.273 e. The van der Waals surface area contributed by atoms with Crippen molar-refractivity contribution in [2.24, 2.45) is 5.73 Å². The molecule has 5 nitrogen and oxygen atoms in total. The SMILES string of the molecule is CN1C(=O)c2ccnn2CC1N. The van der Waals surface area contributed by atoms with Crippen LogP contribution in [-0.4, -0.2) is 33.8 Å². The van der Waals surface area contributed by atoms with E-state index in [-0.39, 0.29) is 12.1 Å². The molecule has 1 atom stereocenters. The first kappa shape index (κ1) is 7.30. The third-order valence-electron chi connectivity index (χ3n) is 2.11. The standard InChI is InChI=1S/C7H10N4O/c1-10-6(8)4-11-5(7(10)12)2-3-9-11/h2-3,6H,4,8H2,1H3. The predicted molar refractivity (Wildman–Crippen MR) is 42.3 cm³/mol. The van der Waals surface area contributed by atoms with E-state index in [0.29, 0.717) is 12.2 Å². The monoisotopic (exact) mass is 166 g/mol. The molecule has 2 rings (SSSR count). The van der Waals surface area contributed by atoms with Gasteiger partial charge in [-0.3, -0.25) is 9.48 Å². The smallest absolute Gasteiger partial charge is 0.273 e. The number of carbonyl (C=O) groups excluding carboxylic acids is 1. The number of carbonyl (C=O) groups is 1. The molecule has 2 heterocycles. The first-order valence-electron chi connectivity index (χ1n) is 3.74. The summed E-state index contributed by atoms with van der Waals surface area (Å²) in [4.78, 5) is 13.0. The summed E-state index contributed by atoms with van der Waals surface area (Å²) in [5.74, 6) is -0.0637. The molecule has 0 fully saturated rings. The molecule has 1 aromatic heterocycles. The van der Waals surface area contributed by atoms with Crippen molar-refractivity contribution in [3.63, 3.8) is 0 Å². The molecule has 1 unspecified atom stereocenters. The largest absolute Gasteiger partial charge is 0.323 e. The number of fused-ring (bicyclic) bond motifs is 1. The molecule has 1 aromatic rings. The molecule has 0 radical (unpaired) electrons. The van der Waals surface area contributed by atoms with Crippen LogP contribution in [0.3, 0.4) is 0 Å². The molecule has 5 heteroatoms. The molecule has 12 heavy (non-hydrogen) atoms. The Bertz CT molecular complexity index is 319. The Kier molecular flexibility index (Phi) is 1.41. The van der Waals surface area contributed by atoms with Gasteiger partial charge in [-0.15, -0.1) is 0 Å². The van der Waals surface area contributed by atoms with Crippen molar-refractivity contribution >= 4 is 5.91 Å². The highest BCUT2D eigenvalue weighted by atomic mass is 16.2. The van der Waals surface area contributed by atoms with Crippen molar-refractivity contribution in [3.8, 4) is 0 Å². The van der Waals surface area contributed by atoms with Crippen LogP contribution in [0.5, 0.6) is 0 Å². The van der Waals surface area contributed by atoms with Gasteiger partial charge in [0.2, 0.25) is 0 Å². The Morgan fingerprint density at radius 3 is 3.25 bits per heavy atom. The van der Waals surface area contributed by atoms with Gasteiger partial charge in [0, 0.05) is 13.2 Å². The van der Waals surface area contributed by atoms with Crippen molar-refractivity contribution in [1.29, 1.82) is 0 Å². The molecule has 0 spiro atoms. The van der Waals surface area contributed by atoms with Gasteiger partial charge in [0.25, 0.3) is 5.91 Å². The van der Waals surface area contributed by atoms with E-state index in [1.807, 2.05) is 0 Å². The van der Waals surface area contributed by atoms with Gasteiger partial charge in [-0.25, -0.2) is 0 Å². The van der Waals surface area contributed by atoms with E-state index in [0.717, 1.165) is 0 Å². The second kappa shape index (κ2) is 2.31. The summed E-state index contributed by atoms with van der Waals surface area (Å²) in [6.45, 7) is 0.574. The third-order valence-corrected chi connectivity index (χ3v) is 2.11. The lowest BCUT2D eigenvalue weighted by molar-refractivity contribution is 0.0653. The number of likely N-dealkylation sites (N-methyl/N-ethyl adjacent to an activating group) is 1. The molecule has 0 saturated heterocycles. The molecular formula is C7H10N4O. The van der Waals surface area contributed by atoms with Crippen LogP contribution in [0, 0.1) is 0 Å². The first-order valence-corrected chi connectivity index (χ1v) is 3.74. The molecule has 0 aliphatic carbocycles. The van der Waals surface area contributed by atoms with Crippen LogP contribution in [0.25, 0.3) is 0 Å². The highest BCUT2D eigenvalue weighted by molar-refractivity contribution is 5.93. The topological polar surface area (TPSA) is 64.2 Å². The van der Waals surface area contributed by atoms with E-state index in [2.05, 4.69) is 5.10 Å². The Labute approximate surface area is 69.8 Å². The fourth-order valence-electron chi connectivity index (χ4n) is 1.29. The average Bonchev–Trinajstić information content (AvgIpc) is 2.48. The van der Waals surface area contributed by atoms with Gasteiger partial charge < -0.3 is 10.6 Å². The molecule has 1 amide bonds. The summed E-state index contributed by atoms with van der Waals surface area (Å²) in [6, 6.07) is 1.70. The van der Waals surface area contributed by atoms with Crippen LogP contribution >= 0.6 is 0 Å². The number of aromatic nitrogens is 2. The number of amides is 1. The van der Waals surface area contributed by atoms with Crippen LogP contribution in [0.1, 0.15) is 10.5 Å². The lowest BCUT2D eigenvalue weighted by Crippen LogP contribution is -2.50. The Morgan fingerprint density at radius 2 is 2.50 bits per heavy atom. The van der Waals surface area contributed by atoms with Gasteiger partial charge in [0.15, 0.2) is 0 Å². The van der Waals surface area contributed by atoms with E-state index >= 15 is 0 Å². The van der Waals surface area contributed by atoms with Crippen LogP contribution in [0.15, 0.2) is 12.3 Å². The van der Waals surface area contributed by atoms with Gasteiger partial charge in [-0.1, -0.05) is 0 Å². The Balaban J connectivity index is 2.46. The fraction of sp³-hybridized carbons (Fsp3) is 0.429. The quantitative estimate of drug-likeness (QED) is 0.551. The van der Waals surface area contributed by atoms with E-state index < -0.39 is 0 Å². The van der Waals surface area contributed by atoms with Crippen LogP contribution in [0.4, 0.5) is 0 Å². The summed E-state index contributed by atoms with van der Waals surface area (Å²) in [6.07, 6.45) is 1.35. The van der Waals surface area contributed by atoms with Gasteiger partial charge in [0.1, 0.15) is 5.69 Å². The second-order valence-corrected chi connectivity index (χ2v) is 2.88. The zero-order valence-corrected chi connectivity index (χ0v) is 6.77. The molecule has 1 aliphatic heterocycles. The van der Waals surface area contributed by atoms with Crippen molar-refractivity contribution in [2.75, 3.05) is 7.05 Å². The summed E-state index contributed by atoms with van der Waals surface area (Å²) in [5, 5.41) is 3.98. The summed E-state index contributed by atoms with van der Waals surface area (Å²) in [5.41, 5.74) is 6.30. The van der Waals surface area contributed by atoms with Gasteiger partial charge >= 0.3 is 0 Å². The minimum atomic E-state index is -0.259. The van der Waals surface area contributed by atoms with E-state index in [1.54, 1.807) is 24.0 Å². The molecule has 0 saturated carbocycles. The van der Waals surface area contributed by atoms with E-state index in [1.165, 1.54) is 4.90 Å². The van der Waals surface area contributed by atoms with Crippen molar-refractivity contribution in [2.45, 2.75) is 12.7 Å². The summed E-state index contributed by atoms with van der Waals surface area (Å²) < 4.78 is 1.63. The van der Waals surface area contributed by atoms with Crippen molar-refractivity contribution in [1.82, 2.24) is 14.7 Å². The Morgan fingerprint density at radius 1 is 1.75 bits per heavy atom. The summed E-state index contributed by atoms with van der Waals surface area (Å²) in [7, 11) is 1.70. The molecule has 64 valence electrons. The second-order valence-electron chi connectivity index (χ2n) is 2.88. The average molecular weight is 166 g/mol. The lowest BCUT2D eigenvalue weighted by atomic mass is 10.3. The maximum absolute atomic E-state index is 11.5. The number of hydrogen-bond donors (Lipinski definition) is 1. The maximum atomic E-state index is 11.5. The van der Waals surface area contributed by atoms with Crippen LogP contribution in [-0.2, 0) is 6.54 Å². The molecule has 2 N–H and O–H groups in total. The van der Waals surface area contributed by atoms with Crippen molar-refractivity contribution in [3.05, 3.63) is 18.0 Å². The van der Waals surface area contributed by atoms with Gasteiger partial charge in [-0.05, 0) is 6.07 Å². The van der Waals surface area contributed by atoms with Gasteiger partial charge in [-0.2, -0.15) is 5.10 Å². The highest BCUT2D eigenvalue weighted by Gasteiger charge is 2.27. The highest BCUT2D eigenvalue weighted by Crippen LogP contribution is 2.11. The number of nitrogens with zero attached hydrogens (tertiary/aromatic N) is 3. The number of rotatable bonds is 0. The molecule has 0 aromatic carbocycles. The molecule has 1 aliphatic rings. The first-order chi connectivity index (χ1) is 5.70. The Hall–Kier alpha value is -1.36. The molecule has 0 bridgehead atoms. The van der Waals surface area contributed by atoms with Crippen LogP contribution < -0.4 is 5.73 Å². The van der Waals surface area contributed by atoms with Crippen molar-refractivity contribution < 1.29 is 4.79 Å². The normalized spacial score (nSPS) is 22.7. The predicted octanol–water partition coefficient (Wildman–Crippen LogP) is -0.746. The number of hydrogen-bond acceptors (Lipinski definition) is 3. The van der Waals surface area contributed by atoms with E-state index in [4.69, 9.17) is 5.73 Å². The zero-order valence-electron chi connectivity index (χ0n) is 6.77. The minimum absolute atomic E-state index is 0.0637. The van der Waals surface area contributed by atoms with Gasteiger partial charge in [0.05, 0.1) is 12.7 Å². The molecular weight excluding hydrogens is 156 g/mol. The van der Waals surface area contributed by atoms with Crippen LogP contribution in [0.2, 0.25) is 0 Å². The summed E-state index contributed by atoms with van der Waals surface area (Å²) >= 11 is 0. The minimum Gasteiger partial charge on any atom is -0.323 e. The number of nitrogens with two attached hydrogens (primary N) is 1. The fourth-order valence-corrected chi connectivity index (χ4v) is 1.29. The zero-order chi connectivity index (χ0) is 8.72. The lowest BCUT2D eigenvalue weighted by Gasteiger charge is -2.29. The van der Waals surface area contributed by atoms with E-state index in [9.17, 15) is 4.79 Å². The third kappa shape index (κ3) is 0.831.